The van der Waals surface area contributed by atoms with Crippen molar-refractivity contribution in [3.63, 3.8) is 0 Å². The van der Waals surface area contributed by atoms with Gasteiger partial charge < -0.3 is 20.7 Å². The number of hydrogen-bond donors (Lipinski definition) is 3. The van der Waals surface area contributed by atoms with Crippen LogP contribution in [0.4, 0.5) is 0 Å². The molecule has 30 heavy (non-hydrogen) atoms. The average molecular weight is 418 g/mol. The molecule has 6 nitrogen and oxygen atoms in total. The molecule has 0 saturated heterocycles. The van der Waals surface area contributed by atoms with Gasteiger partial charge in [-0.1, -0.05) is 48.9 Å². The Morgan fingerprint density at radius 2 is 1.90 bits per heavy atom. The quantitative estimate of drug-likeness (QED) is 0.479. The number of ether oxygens (including phenoxy) is 1. The van der Waals surface area contributed by atoms with Crippen LogP contribution in [0.25, 0.3) is 0 Å². The summed E-state index contributed by atoms with van der Waals surface area (Å²) in [6.07, 6.45) is 4.85. The van der Waals surface area contributed by atoms with Gasteiger partial charge in [0.2, 0.25) is 0 Å². The third-order valence-corrected chi connectivity index (χ3v) is 5.95. The predicted molar refractivity (Wildman–Crippen MR) is 116 cm³/mol. The molecule has 4 N–H and O–H groups in total. The van der Waals surface area contributed by atoms with E-state index in [1.54, 1.807) is 30.3 Å². The number of carbonyl (C=O) groups is 2. The zero-order chi connectivity index (χ0) is 22.5. The standard InChI is InChI=1S/C16H27NO2.C8H8O3/c1-5-11-6-12-8-16(10-17,13(12)7-11)9-14(18)19-15(2,3)4;9-7(8(10)11)6-4-2-1-3-5-6/h7,12-13H,5-6,8-10,17H2,1-4H3;1-5,7,9H,(H,10,11)/t12-,13-,16-;7-/m00/s1. The molecular formula is C24H35NO5. The summed E-state index contributed by atoms with van der Waals surface area (Å²) in [5, 5.41) is 17.4. The summed E-state index contributed by atoms with van der Waals surface area (Å²) < 4.78 is 5.46. The number of aliphatic carboxylic acids is 1. The molecule has 0 unspecified atom stereocenters. The summed E-state index contributed by atoms with van der Waals surface area (Å²) in [6, 6.07) is 8.26. The summed E-state index contributed by atoms with van der Waals surface area (Å²) in [4.78, 5) is 22.3. The van der Waals surface area contributed by atoms with Crippen LogP contribution >= 0.6 is 0 Å². The van der Waals surface area contributed by atoms with Crippen LogP contribution in [-0.4, -0.2) is 34.3 Å². The number of carboxylic acid groups (broad SMARTS) is 1. The number of fused-ring (bicyclic) bond motifs is 1. The summed E-state index contributed by atoms with van der Waals surface area (Å²) in [6.45, 7) is 8.52. The summed E-state index contributed by atoms with van der Waals surface area (Å²) in [7, 11) is 0. The number of aliphatic hydroxyl groups excluding tert-OH is 1. The predicted octanol–water partition coefficient (Wildman–Crippen LogP) is 3.84. The maximum Gasteiger partial charge on any atom is 0.337 e. The Balaban J connectivity index is 0.000000248. The van der Waals surface area contributed by atoms with Crippen LogP contribution in [0.15, 0.2) is 42.0 Å². The molecular weight excluding hydrogens is 382 g/mol. The molecule has 1 aromatic carbocycles. The molecule has 166 valence electrons. The highest BCUT2D eigenvalue weighted by Gasteiger charge is 2.55. The Labute approximate surface area is 179 Å². The molecule has 0 aliphatic heterocycles. The fourth-order valence-corrected chi connectivity index (χ4v) is 4.48. The Kier molecular flexibility index (Phi) is 7.83. The van der Waals surface area contributed by atoms with Crippen LogP contribution in [0, 0.1) is 17.3 Å². The summed E-state index contributed by atoms with van der Waals surface area (Å²) in [5.41, 5.74) is 7.48. The number of rotatable bonds is 6. The van der Waals surface area contributed by atoms with E-state index in [4.69, 9.17) is 20.7 Å². The van der Waals surface area contributed by atoms with Gasteiger partial charge in [-0.2, -0.15) is 0 Å². The highest BCUT2D eigenvalue weighted by atomic mass is 16.6. The second kappa shape index (κ2) is 9.75. The van der Waals surface area contributed by atoms with E-state index in [0.717, 1.165) is 18.8 Å². The van der Waals surface area contributed by atoms with Crippen molar-refractivity contribution in [1.82, 2.24) is 0 Å². The molecule has 3 rings (SSSR count). The first-order chi connectivity index (χ1) is 14.0. The third kappa shape index (κ3) is 5.92. The van der Waals surface area contributed by atoms with Crippen LogP contribution < -0.4 is 5.73 Å². The molecule has 0 aromatic heterocycles. The number of esters is 1. The minimum atomic E-state index is -1.41. The van der Waals surface area contributed by atoms with Gasteiger partial charge >= 0.3 is 11.9 Å². The molecule has 2 aliphatic carbocycles. The SMILES string of the molecule is CCC1=C[C@H]2[C@@H](C1)C[C@@]2(CN)CC(=O)OC(C)(C)C.O=C(O)[C@@H](O)c1ccccc1. The number of hydrogen-bond acceptors (Lipinski definition) is 5. The van der Waals surface area contributed by atoms with Crippen LogP contribution in [0.1, 0.15) is 65.0 Å². The second-order valence-corrected chi connectivity index (χ2v) is 9.35. The molecule has 0 spiro atoms. The summed E-state index contributed by atoms with van der Waals surface area (Å²) >= 11 is 0. The number of carbonyl (C=O) groups excluding carboxylic acids is 1. The van der Waals surface area contributed by atoms with Gasteiger partial charge in [-0.15, -0.1) is 0 Å². The van der Waals surface area contributed by atoms with E-state index in [2.05, 4.69) is 13.0 Å². The van der Waals surface area contributed by atoms with Crippen molar-refractivity contribution >= 4 is 11.9 Å². The van der Waals surface area contributed by atoms with Crippen molar-refractivity contribution < 1.29 is 24.5 Å². The highest BCUT2D eigenvalue weighted by molar-refractivity contribution is 5.73. The maximum absolute atomic E-state index is 12.1. The number of nitrogens with two attached hydrogens (primary N) is 1. The van der Waals surface area contributed by atoms with Crippen molar-refractivity contribution in [2.45, 2.75) is 65.1 Å². The van der Waals surface area contributed by atoms with E-state index in [1.807, 2.05) is 20.8 Å². The normalized spacial score (nSPS) is 25.7. The van der Waals surface area contributed by atoms with Gasteiger partial charge in [0, 0.05) is 0 Å². The van der Waals surface area contributed by atoms with Gasteiger partial charge in [0.05, 0.1) is 6.42 Å². The molecule has 0 bridgehead atoms. The lowest BCUT2D eigenvalue weighted by molar-refractivity contribution is -0.162. The minimum absolute atomic E-state index is 0.0378. The van der Waals surface area contributed by atoms with Crippen LogP contribution in [0.5, 0.6) is 0 Å². The van der Waals surface area contributed by atoms with Gasteiger partial charge in [-0.25, -0.2) is 4.79 Å². The first kappa shape index (κ1) is 24.1. The average Bonchev–Trinajstić information content (AvgIpc) is 3.03. The maximum atomic E-state index is 12.1. The van der Waals surface area contributed by atoms with Gasteiger partial charge in [0.25, 0.3) is 0 Å². The molecule has 0 radical (unpaired) electrons. The van der Waals surface area contributed by atoms with Gasteiger partial charge in [-0.3, -0.25) is 4.79 Å². The van der Waals surface area contributed by atoms with Crippen molar-refractivity contribution in [2.75, 3.05) is 6.54 Å². The lowest BCUT2D eigenvalue weighted by Gasteiger charge is -2.51. The lowest BCUT2D eigenvalue weighted by Crippen LogP contribution is -2.51. The van der Waals surface area contributed by atoms with Crippen molar-refractivity contribution in [3.8, 4) is 0 Å². The van der Waals surface area contributed by atoms with E-state index in [1.165, 1.54) is 12.0 Å². The van der Waals surface area contributed by atoms with E-state index < -0.39 is 17.7 Å². The van der Waals surface area contributed by atoms with Crippen molar-refractivity contribution in [3.05, 3.63) is 47.5 Å². The Bertz CT molecular complexity index is 768. The van der Waals surface area contributed by atoms with Crippen LogP contribution in [-0.2, 0) is 14.3 Å². The zero-order valence-electron chi connectivity index (χ0n) is 18.4. The zero-order valence-corrected chi connectivity index (χ0v) is 18.4. The van der Waals surface area contributed by atoms with Crippen molar-refractivity contribution in [1.29, 1.82) is 0 Å². The fourth-order valence-electron chi connectivity index (χ4n) is 4.48. The monoisotopic (exact) mass is 417 g/mol. The molecule has 4 atom stereocenters. The molecule has 0 amide bonds. The first-order valence-electron chi connectivity index (χ1n) is 10.6. The number of benzene rings is 1. The van der Waals surface area contributed by atoms with Crippen LogP contribution in [0.2, 0.25) is 0 Å². The molecule has 1 saturated carbocycles. The molecule has 1 aromatic rings. The van der Waals surface area contributed by atoms with E-state index in [-0.39, 0.29) is 11.4 Å². The largest absolute Gasteiger partial charge is 0.479 e. The first-order valence-corrected chi connectivity index (χ1v) is 10.6. The molecule has 6 heteroatoms. The Morgan fingerprint density at radius 1 is 1.27 bits per heavy atom. The minimum Gasteiger partial charge on any atom is -0.479 e. The van der Waals surface area contributed by atoms with E-state index in [9.17, 15) is 9.59 Å². The molecule has 2 aliphatic rings. The summed E-state index contributed by atoms with van der Waals surface area (Å²) in [5.74, 6) is -0.105. The topological polar surface area (TPSA) is 110 Å². The number of aliphatic hydroxyl groups is 1. The van der Waals surface area contributed by atoms with E-state index in [0.29, 0.717) is 24.4 Å². The van der Waals surface area contributed by atoms with Gasteiger partial charge in [-0.05, 0) is 69.4 Å². The Hall–Kier alpha value is -2.18. The number of carboxylic acids is 1. The molecule has 1 fully saturated rings. The Morgan fingerprint density at radius 3 is 2.40 bits per heavy atom. The van der Waals surface area contributed by atoms with Crippen LogP contribution in [0.3, 0.4) is 0 Å². The van der Waals surface area contributed by atoms with Crippen molar-refractivity contribution in [2.24, 2.45) is 23.0 Å². The van der Waals surface area contributed by atoms with Gasteiger partial charge in [0.15, 0.2) is 6.10 Å². The second-order valence-electron chi connectivity index (χ2n) is 9.35. The fraction of sp³-hybridized carbons (Fsp3) is 0.583. The smallest absolute Gasteiger partial charge is 0.337 e. The molecule has 0 heterocycles. The van der Waals surface area contributed by atoms with E-state index >= 15 is 0 Å². The number of allylic oxidation sites excluding steroid dienone is 2. The van der Waals surface area contributed by atoms with Gasteiger partial charge in [0.1, 0.15) is 5.60 Å². The highest BCUT2D eigenvalue weighted by Crippen LogP contribution is 2.59. The third-order valence-electron chi connectivity index (χ3n) is 5.95. The lowest BCUT2D eigenvalue weighted by atomic mass is 9.53.